The Kier molecular flexibility index (Phi) is 4.33. The molecule has 6 heteroatoms. The predicted octanol–water partition coefficient (Wildman–Crippen LogP) is -1.67. The maximum absolute atomic E-state index is 9.91. The Morgan fingerprint density at radius 3 is 2.77 bits per heavy atom. The molecule has 0 aromatic carbocycles. The molecule has 1 fully saturated rings. The number of hydrogen-bond donors (Lipinski definition) is 2. The molecule has 1 rings (SSSR count). The van der Waals surface area contributed by atoms with E-state index in [1.807, 2.05) is 6.92 Å². The van der Waals surface area contributed by atoms with E-state index in [2.05, 4.69) is 6.92 Å². The van der Waals surface area contributed by atoms with Crippen LogP contribution >= 0.6 is 0 Å². The van der Waals surface area contributed by atoms with Crippen LogP contribution in [0, 0.1) is 0 Å². The van der Waals surface area contributed by atoms with Crippen molar-refractivity contribution >= 4 is 25.4 Å². The molecule has 0 aliphatic carbocycles. The summed E-state index contributed by atoms with van der Waals surface area (Å²) in [6.07, 6.45) is 1.04. The van der Waals surface area contributed by atoms with Crippen LogP contribution < -0.4 is 5.73 Å². The van der Waals surface area contributed by atoms with Crippen LogP contribution in [0.1, 0.15) is 20.3 Å². The summed E-state index contributed by atoms with van der Waals surface area (Å²) >= 11 is 0. The van der Waals surface area contributed by atoms with Crippen molar-refractivity contribution in [3.05, 3.63) is 0 Å². The fourth-order valence-electron chi connectivity index (χ4n) is 2.26. The summed E-state index contributed by atoms with van der Waals surface area (Å²) in [4.78, 5) is 0. The molecule has 0 spiro atoms. The Hall–Kier alpha value is 0.531. The van der Waals surface area contributed by atoms with Crippen molar-refractivity contribution < 1.29 is 9.53 Å². The number of aliphatic hydroxyl groups is 1. The van der Waals surface area contributed by atoms with Gasteiger partial charge < -0.3 is 15.3 Å². The van der Waals surface area contributed by atoms with Crippen LogP contribution in [-0.4, -0.2) is 48.5 Å². The van der Waals surface area contributed by atoms with Crippen molar-refractivity contribution in [1.29, 1.82) is 0 Å². The Bertz CT molecular complexity index is 162. The summed E-state index contributed by atoms with van der Waals surface area (Å²) in [5.74, 6) is 0. The van der Waals surface area contributed by atoms with Crippen molar-refractivity contribution in [2.75, 3.05) is 6.61 Å². The Morgan fingerprint density at radius 1 is 1.69 bits per heavy atom. The van der Waals surface area contributed by atoms with Crippen LogP contribution in [-0.2, 0) is 4.43 Å². The van der Waals surface area contributed by atoms with E-state index in [-0.39, 0.29) is 23.6 Å². The van der Waals surface area contributed by atoms with E-state index in [4.69, 9.17) is 10.2 Å². The molecule has 1 heterocycles. The Labute approximate surface area is 85.4 Å². The zero-order valence-electron chi connectivity index (χ0n) is 8.62. The molecule has 3 N–H and O–H groups in total. The molecule has 0 saturated carbocycles. The Balaban J connectivity index is 2.72. The van der Waals surface area contributed by atoms with Crippen LogP contribution in [0.15, 0.2) is 0 Å². The first-order valence-corrected chi connectivity index (χ1v) is 14.4. The van der Waals surface area contributed by atoms with Gasteiger partial charge in [-0.15, -0.1) is 0 Å². The standard InChI is InChI=1S/C7H21NO2Si3/c1-3-7(8)13(6(2)9)5-4-10-11-12-13/h6-7,9H,3-5,8,11-12H2,1-2H3. The average molecular weight is 236 g/mol. The highest BCUT2D eigenvalue weighted by Gasteiger charge is 2.44. The monoisotopic (exact) mass is 235 g/mol. The first-order chi connectivity index (χ1) is 6.13. The van der Waals surface area contributed by atoms with Gasteiger partial charge in [0.05, 0.1) is 7.59 Å². The summed E-state index contributed by atoms with van der Waals surface area (Å²) in [6.45, 7) is 5.01. The van der Waals surface area contributed by atoms with Gasteiger partial charge in [0.25, 0.3) is 0 Å². The molecule has 13 heavy (non-hydrogen) atoms. The van der Waals surface area contributed by atoms with Gasteiger partial charge in [0.1, 0.15) is 9.28 Å². The van der Waals surface area contributed by atoms with Gasteiger partial charge in [-0.3, -0.25) is 0 Å². The summed E-state index contributed by atoms with van der Waals surface area (Å²) in [5, 5.41) is 9.91. The van der Waals surface area contributed by atoms with Crippen molar-refractivity contribution in [2.24, 2.45) is 5.73 Å². The number of nitrogens with two attached hydrogens (primary N) is 1. The average Bonchev–Trinajstić information content (AvgIpc) is 2.17. The molecule has 0 bridgehead atoms. The van der Waals surface area contributed by atoms with Crippen LogP contribution in [0.25, 0.3) is 0 Å². The number of aliphatic hydroxyl groups excluding tert-OH is 1. The van der Waals surface area contributed by atoms with E-state index < -0.39 is 7.59 Å². The van der Waals surface area contributed by atoms with Crippen LogP contribution in [0.2, 0.25) is 6.04 Å². The minimum Gasteiger partial charge on any atom is -0.428 e. The van der Waals surface area contributed by atoms with Gasteiger partial charge in [-0.1, -0.05) is 6.92 Å². The number of rotatable bonds is 3. The zero-order chi connectivity index (χ0) is 9.90. The quantitative estimate of drug-likeness (QED) is 0.575. The lowest BCUT2D eigenvalue weighted by molar-refractivity contribution is 0.257. The summed E-state index contributed by atoms with van der Waals surface area (Å²) < 4.78 is 5.54. The molecule has 0 aromatic heterocycles. The van der Waals surface area contributed by atoms with Crippen molar-refractivity contribution in [1.82, 2.24) is 0 Å². The zero-order valence-corrected chi connectivity index (χ0v) is 12.5. The second kappa shape index (κ2) is 4.85. The van der Waals surface area contributed by atoms with E-state index in [1.54, 1.807) is 0 Å². The van der Waals surface area contributed by atoms with Crippen molar-refractivity contribution in [3.63, 3.8) is 0 Å². The maximum atomic E-state index is 9.91. The lowest BCUT2D eigenvalue weighted by atomic mass is 10.5. The number of hydrogen-bond acceptors (Lipinski definition) is 3. The topological polar surface area (TPSA) is 55.5 Å². The molecule has 3 atom stereocenters. The first-order valence-electron chi connectivity index (χ1n) is 5.15. The highest BCUT2D eigenvalue weighted by atomic mass is 29.6. The van der Waals surface area contributed by atoms with Gasteiger partial charge in [0.2, 0.25) is 0 Å². The summed E-state index contributed by atoms with van der Waals surface area (Å²) in [5.41, 5.74) is 6.42. The van der Waals surface area contributed by atoms with E-state index >= 15 is 0 Å². The predicted molar refractivity (Wildman–Crippen MR) is 63.5 cm³/mol. The highest BCUT2D eigenvalue weighted by Crippen LogP contribution is 2.21. The van der Waals surface area contributed by atoms with Gasteiger partial charge in [-0.25, -0.2) is 0 Å². The molecule has 0 radical (unpaired) electrons. The van der Waals surface area contributed by atoms with Crippen LogP contribution in [0.4, 0.5) is 0 Å². The lowest BCUT2D eigenvalue weighted by Crippen LogP contribution is -2.68. The van der Waals surface area contributed by atoms with Gasteiger partial charge >= 0.3 is 0 Å². The second-order valence-electron chi connectivity index (χ2n) is 4.04. The fourth-order valence-corrected chi connectivity index (χ4v) is 27.9. The molecular weight excluding hydrogens is 214 g/mol. The van der Waals surface area contributed by atoms with Crippen molar-refractivity contribution in [2.45, 2.75) is 37.7 Å². The minimum atomic E-state index is -1.45. The molecule has 78 valence electrons. The Morgan fingerprint density at radius 2 is 2.38 bits per heavy atom. The highest BCUT2D eigenvalue weighted by molar-refractivity contribution is 7.43. The molecule has 1 saturated heterocycles. The summed E-state index contributed by atoms with van der Waals surface area (Å²) in [6, 6.07) is 1.12. The van der Waals surface area contributed by atoms with Gasteiger partial charge in [0, 0.05) is 20.9 Å². The minimum absolute atomic E-state index is 0.0921. The largest absolute Gasteiger partial charge is 0.428 e. The van der Waals surface area contributed by atoms with Gasteiger partial charge in [0.15, 0.2) is 0 Å². The van der Waals surface area contributed by atoms with E-state index in [0.29, 0.717) is 5.67 Å². The third-order valence-electron chi connectivity index (χ3n) is 3.43. The lowest BCUT2D eigenvalue weighted by Gasteiger charge is -2.41. The smallest absolute Gasteiger partial charge is 0.141 e. The molecule has 3 unspecified atom stereocenters. The van der Waals surface area contributed by atoms with E-state index in [9.17, 15) is 5.11 Å². The SMILES string of the molecule is CCC(N)[Si]1(C(C)O)CCO[SiH2][SiH2]1. The molecule has 0 aromatic rings. The maximum Gasteiger partial charge on any atom is 0.141 e. The van der Waals surface area contributed by atoms with Gasteiger partial charge in [-0.05, 0) is 25.1 Å². The van der Waals surface area contributed by atoms with Crippen LogP contribution in [0.5, 0.6) is 0 Å². The first kappa shape index (κ1) is 11.6. The van der Waals surface area contributed by atoms with Crippen molar-refractivity contribution in [3.8, 4) is 0 Å². The molecule has 3 nitrogen and oxygen atoms in total. The third-order valence-corrected chi connectivity index (χ3v) is 28.7. The second-order valence-corrected chi connectivity index (χ2v) is 21.1. The van der Waals surface area contributed by atoms with Gasteiger partial charge in [-0.2, -0.15) is 0 Å². The third kappa shape index (κ3) is 2.31. The van der Waals surface area contributed by atoms with E-state index in [0.717, 1.165) is 19.1 Å². The molecule has 0 amide bonds. The summed E-state index contributed by atoms with van der Waals surface area (Å²) in [7, 11) is -1.79. The van der Waals surface area contributed by atoms with Crippen LogP contribution in [0.3, 0.4) is 0 Å². The fraction of sp³-hybridized carbons (Fsp3) is 1.00. The normalized spacial score (nSPS) is 37.8. The molecule has 1 aliphatic heterocycles. The molecular formula is C7H21NO2Si3. The molecule has 1 aliphatic rings. The van der Waals surface area contributed by atoms with E-state index in [1.165, 1.54) is 0 Å².